The van der Waals surface area contributed by atoms with Crippen molar-refractivity contribution in [2.75, 3.05) is 6.61 Å². The van der Waals surface area contributed by atoms with Crippen molar-refractivity contribution in [3.05, 3.63) is 48.6 Å². The van der Waals surface area contributed by atoms with E-state index in [1.165, 1.54) is 0 Å². The van der Waals surface area contributed by atoms with Gasteiger partial charge < -0.3 is 23.8 Å². The normalized spacial score (nSPS) is 31.2. The Morgan fingerprint density at radius 1 is 1.25 bits per heavy atom. The fourth-order valence-corrected chi connectivity index (χ4v) is 2.78. The molecule has 2 heterocycles. The van der Waals surface area contributed by atoms with Crippen LogP contribution >= 0.6 is 0 Å². The molecule has 2 aliphatic rings. The first-order valence-corrected chi connectivity index (χ1v) is 8.02. The number of rotatable bonds is 7. The van der Waals surface area contributed by atoms with Crippen LogP contribution in [0, 0.1) is 0 Å². The van der Waals surface area contributed by atoms with E-state index < -0.39 is 18.2 Å². The van der Waals surface area contributed by atoms with Crippen molar-refractivity contribution < 1.29 is 23.8 Å². The first-order valence-electron chi connectivity index (χ1n) is 8.02. The van der Waals surface area contributed by atoms with E-state index in [1.54, 1.807) is 12.3 Å². The lowest BCUT2D eigenvalue weighted by Crippen LogP contribution is -2.37. The van der Waals surface area contributed by atoms with E-state index in [-0.39, 0.29) is 12.2 Å². The molecule has 0 unspecified atom stereocenters. The van der Waals surface area contributed by atoms with E-state index in [0.29, 0.717) is 13.2 Å². The topological polar surface area (TPSA) is 58.5 Å². The van der Waals surface area contributed by atoms with Crippen LogP contribution in [-0.4, -0.2) is 43.2 Å². The summed E-state index contributed by atoms with van der Waals surface area (Å²) in [4.78, 5) is 5.33. The SMILES string of the molecule is C=CCO[C@@H]1[C@H]2OC(C)(C)O[C@H]2O[C@@H]1/C=N/OCc1ccccc1. The van der Waals surface area contributed by atoms with Gasteiger partial charge in [-0.05, 0) is 19.4 Å². The van der Waals surface area contributed by atoms with Crippen LogP contribution < -0.4 is 0 Å². The molecule has 3 rings (SSSR count). The third-order valence-corrected chi connectivity index (χ3v) is 3.79. The van der Waals surface area contributed by atoms with Gasteiger partial charge in [-0.25, -0.2) is 0 Å². The van der Waals surface area contributed by atoms with Gasteiger partial charge in [0.05, 0.1) is 12.8 Å². The largest absolute Gasteiger partial charge is 0.391 e. The molecule has 0 N–H and O–H groups in total. The van der Waals surface area contributed by atoms with Crippen molar-refractivity contribution in [1.82, 2.24) is 0 Å². The minimum absolute atomic E-state index is 0.300. The Kier molecular flexibility index (Phi) is 5.30. The van der Waals surface area contributed by atoms with E-state index in [0.717, 1.165) is 5.56 Å². The Hall–Kier alpha value is -1.73. The zero-order valence-electron chi connectivity index (χ0n) is 14.0. The summed E-state index contributed by atoms with van der Waals surface area (Å²) >= 11 is 0. The quantitative estimate of drug-likeness (QED) is 0.436. The molecule has 6 heteroatoms. The number of hydrogen-bond acceptors (Lipinski definition) is 6. The lowest BCUT2D eigenvalue weighted by atomic mass is 10.1. The van der Waals surface area contributed by atoms with Crippen molar-refractivity contribution >= 4 is 6.21 Å². The monoisotopic (exact) mass is 333 g/mol. The lowest BCUT2D eigenvalue weighted by molar-refractivity contribution is -0.209. The third-order valence-electron chi connectivity index (χ3n) is 3.79. The van der Waals surface area contributed by atoms with E-state index in [9.17, 15) is 0 Å². The summed E-state index contributed by atoms with van der Waals surface area (Å²) in [5.74, 6) is -0.683. The van der Waals surface area contributed by atoms with Gasteiger partial charge in [-0.2, -0.15) is 0 Å². The van der Waals surface area contributed by atoms with Crippen molar-refractivity contribution in [3.63, 3.8) is 0 Å². The van der Waals surface area contributed by atoms with Gasteiger partial charge in [0.15, 0.2) is 12.1 Å². The summed E-state index contributed by atoms with van der Waals surface area (Å²) in [6.07, 6.45) is 1.79. The number of benzene rings is 1. The molecule has 4 atom stereocenters. The molecule has 2 saturated heterocycles. The van der Waals surface area contributed by atoms with Crippen molar-refractivity contribution in [1.29, 1.82) is 0 Å². The van der Waals surface area contributed by atoms with Crippen LogP contribution in [0.5, 0.6) is 0 Å². The Labute approximate surface area is 142 Å². The Morgan fingerprint density at radius 3 is 2.79 bits per heavy atom. The standard InChI is InChI=1S/C18H23NO5/c1-4-10-20-15-14(22-17-16(15)23-18(2,3)24-17)11-19-21-12-13-8-6-5-7-9-13/h4-9,11,14-17H,1,10,12H2,2-3H3/b19-11+/t14-,15+,16-,17-/m1/s1. The Morgan fingerprint density at radius 2 is 2.04 bits per heavy atom. The molecule has 0 saturated carbocycles. The molecule has 0 aliphatic carbocycles. The number of oxime groups is 1. The number of ether oxygens (including phenoxy) is 4. The number of fused-ring (bicyclic) bond motifs is 1. The smallest absolute Gasteiger partial charge is 0.190 e. The summed E-state index contributed by atoms with van der Waals surface area (Å²) in [6.45, 7) is 8.18. The summed E-state index contributed by atoms with van der Waals surface area (Å²) in [5, 5.41) is 4.00. The molecule has 1 aromatic carbocycles. The molecule has 1 aromatic rings. The average Bonchev–Trinajstić information content (AvgIpc) is 3.02. The van der Waals surface area contributed by atoms with Gasteiger partial charge >= 0.3 is 0 Å². The molecule has 0 radical (unpaired) electrons. The predicted octanol–water partition coefficient (Wildman–Crippen LogP) is 2.64. The predicted molar refractivity (Wildman–Crippen MR) is 88.4 cm³/mol. The minimum Gasteiger partial charge on any atom is -0.391 e. The molecule has 24 heavy (non-hydrogen) atoms. The highest BCUT2D eigenvalue weighted by molar-refractivity contribution is 5.64. The molecule has 0 aromatic heterocycles. The van der Waals surface area contributed by atoms with Gasteiger partial charge in [0.2, 0.25) is 0 Å². The maximum absolute atomic E-state index is 5.88. The van der Waals surface area contributed by atoms with Crippen molar-refractivity contribution in [3.8, 4) is 0 Å². The van der Waals surface area contributed by atoms with Gasteiger partial charge in [-0.15, -0.1) is 6.58 Å². The Bertz CT molecular complexity index is 574. The van der Waals surface area contributed by atoms with E-state index in [1.807, 2.05) is 44.2 Å². The van der Waals surface area contributed by atoms with Gasteiger partial charge in [-0.3, -0.25) is 0 Å². The van der Waals surface area contributed by atoms with E-state index in [4.69, 9.17) is 23.8 Å². The summed E-state index contributed by atoms with van der Waals surface area (Å²) in [7, 11) is 0. The van der Waals surface area contributed by atoms with Crippen LogP contribution in [0.2, 0.25) is 0 Å². The van der Waals surface area contributed by atoms with Crippen LogP contribution in [0.1, 0.15) is 19.4 Å². The highest BCUT2D eigenvalue weighted by Gasteiger charge is 2.55. The van der Waals surface area contributed by atoms with Crippen LogP contribution in [0.3, 0.4) is 0 Å². The molecule has 6 nitrogen and oxygen atoms in total. The maximum Gasteiger partial charge on any atom is 0.190 e. The summed E-state index contributed by atoms with van der Waals surface area (Å²) in [6, 6.07) is 9.83. The van der Waals surface area contributed by atoms with Crippen LogP contribution in [0.25, 0.3) is 0 Å². The molecule has 0 spiro atoms. The third kappa shape index (κ3) is 4.02. The summed E-state index contributed by atoms with van der Waals surface area (Å²) < 4.78 is 23.3. The van der Waals surface area contributed by atoms with Crippen molar-refractivity contribution in [2.45, 2.75) is 50.8 Å². The van der Waals surface area contributed by atoms with E-state index >= 15 is 0 Å². The number of nitrogens with zero attached hydrogens (tertiary/aromatic N) is 1. The zero-order valence-corrected chi connectivity index (χ0v) is 14.0. The highest BCUT2D eigenvalue weighted by atomic mass is 16.8. The Balaban J connectivity index is 1.57. The molecule has 130 valence electrons. The molecular weight excluding hydrogens is 310 g/mol. The van der Waals surface area contributed by atoms with Crippen LogP contribution in [0.4, 0.5) is 0 Å². The van der Waals surface area contributed by atoms with E-state index in [2.05, 4.69) is 11.7 Å². The molecule has 2 fully saturated rings. The average molecular weight is 333 g/mol. The van der Waals surface area contributed by atoms with Gasteiger partial charge in [0.1, 0.15) is 24.9 Å². The molecule has 2 aliphatic heterocycles. The molecule has 0 amide bonds. The first-order chi connectivity index (χ1) is 11.6. The minimum atomic E-state index is -0.683. The first kappa shape index (κ1) is 17.1. The van der Waals surface area contributed by atoms with Crippen molar-refractivity contribution in [2.24, 2.45) is 5.16 Å². The van der Waals surface area contributed by atoms with Gasteiger partial charge in [0, 0.05) is 0 Å². The van der Waals surface area contributed by atoms with Gasteiger partial charge in [0.25, 0.3) is 0 Å². The molecular formula is C18H23NO5. The second-order valence-corrected chi connectivity index (χ2v) is 6.17. The van der Waals surface area contributed by atoms with Crippen LogP contribution in [0.15, 0.2) is 48.1 Å². The fraction of sp³-hybridized carbons (Fsp3) is 0.500. The molecule has 0 bridgehead atoms. The fourth-order valence-electron chi connectivity index (χ4n) is 2.78. The van der Waals surface area contributed by atoms with Gasteiger partial charge in [-0.1, -0.05) is 41.6 Å². The highest BCUT2D eigenvalue weighted by Crippen LogP contribution is 2.38. The lowest BCUT2D eigenvalue weighted by Gasteiger charge is -2.23. The maximum atomic E-state index is 5.88. The number of hydrogen-bond donors (Lipinski definition) is 0. The van der Waals surface area contributed by atoms with Crippen LogP contribution in [-0.2, 0) is 30.4 Å². The zero-order chi connectivity index (χ0) is 17.0. The second-order valence-electron chi connectivity index (χ2n) is 6.17. The summed E-state index contributed by atoms with van der Waals surface area (Å²) in [5.41, 5.74) is 1.05. The second kappa shape index (κ2) is 7.44.